The highest BCUT2D eigenvalue weighted by molar-refractivity contribution is 7.51. The van der Waals surface area contributed by atoms with Gasteiger partial charge in [0.15, 0.2) is 0 Å². The molecule has 7 heteroatoms. The van der Waals surface area contributed by atoms with E-state index in [0.717, 1.165) is 0 Å². The summed E-state index contributed by atoms with van der Waals surface area (Å²) in [7, 11) is -3.95. The third kappa shape index (κ3) is 7.94. The van der Waals surface area contributed by atoms with Crippen molar-refractivity contribution in [2.24, 2.45) is 5.73 Å². The molecule has 82 valence electrons. The Morgan fingerprint density at radius 3 is 2.43 bits per heavy atom. The Kier molecular flexibility index (Phi) is 5.64. The van der Waals surface area contributed by atoms with Gasteiger partial charge in [-0.2, -0.15) is 0 Å². The summed E-state index contributed by atoms with van der Waals surface area (Å²) in [6, 6.07) is -0.957. The summed E-state index contributed by atoms with van der Waals surface area (Å²) in [5.41, 5.74) is 5.18. The predicted molar refractivity (Wildman–Crippen MR) is 50.9 cm³/mol. The summed E-state index contributed by atoms with van der Waals surface area (Å²) >= 11 is 0. The lowest BCUT2D eigenvalue weighted by atomic mass is 10.2. The number of allylic oxidation sites excluding steroid dienone is 1. The van der Waals surface area contributed by atoms with Gasteiger partial charge in [-0.15, -0.1) is 0 Å². The van der Waals surface area contributed by atoms with Gasteiger partial charge in [0.25, 0.3) is 0 Å². The van der Waals surface area contributed by atoms with E-state index in [0.29, 0.717) is 0 Å². The van der Waals surface area contributed by atoms with Crippen LogP contribution in [-0.4, -0.2) is 33.1 Å². The average molecular weight is 223 g/mol. The lowest BCUT2D eigenvalue weighted by Gasteiger charge is -2.01. The zero-order valence-electron chi connectivity index (χ0n) is 7.54. The summed E-state index contributed by atoms with van der Waals surface area (Å²) in [5, 5.41) is 8.38. The van der Waals surface area contributed by atoms with E-state index in [1.165, 1.54) is 12.2 Å². The molecule has 0 aliphatic heterocycles. The Morgan fingerprint density at radius 1 is 1.43 bits per heavy atom. The molecule has 1 atom stereocenters. The molecule has 0 rings (SSSR count). The lowest BCUT2D eigenvalue weighted by Crippen LogP contribution is -2.29. The quantitative estimate of drug-likeness (QED) is 0.369. The van der Waals surface area contributed by atoms with Crippen LogP contribution in [0.15, 0.2) is 12.2 Å². The first-order chi connectivity index (χ1) is 6.33. The van der Waals surface area contributed by atoms with Crippen molar-refractivity contribution in [3.05, 3.63) is 12.2 Å². The number of hydrogen-bond acceptors (Lipinski definition) is 3. The summed E-state index contributed by atoms with van der Waals surface area (Å²) < 4.78 is 10.4. The molecule has 1 unspecified atom stereocenters. The van der Waals surface area contributed by atoms with E-state index in [1.54, 1.807) is 0 Å². The number of carboxylic acid groups (broad SMARTS) is 1. The lowest BCUT2D eigenvalue weighted by molar-refractivity contribution is -0.138. The maximum Gasteiger partial charge on any atom is 0.325 e. The van der Waals surface area contributed by atoms with E-state index in [-0.39, 0.29) is 19.0 Å². The normalized spacial score (nSPS) is 14.5. The van der Waals surface area contributed by atoms with Crippen molar-refractivity contribution in [1.82, 2.24) is 0 Å². The fourth-order valence-corrected chi connectivity index (χ4v) is 1.19. The number of hydrogen-bond donors (Lipinski definition) is 4. The second-order valence-corrected chi connectivity index (χ2v) is 4.61. The standard InChI is InChI=1S/C7H14NO5P/c8-6(7(9)10)4-2-1-3-5-14(11,12)13/h1-2,6H,3-5,8H2,(H,9,10)(H2,11,12,13)/b2-1+. The predicted octanol–water partition coefficient (Wildman–Crippen LogP) is -0.0876. The Bertz CT molecular complexity index is 259. The van der Waals surface area contributed by atoms with Gasteiger partial charge in [-0.1, -0.05) is 12.2 Å². The van der Waals surface area contributed by atoms with Gasteiger partial charge >= 0.3 is 13.6 Å². The van der Waals surface area contributed by atoms with Crippen LogP contribution in [0.5, 0.6) is 0 Å². The average Bonchev–Trinajstić information content (AvgIpc) is 2.01. The van der Waals surface area contributed by atoms with E-state index >= 15 is 0 Å². The monoisotopic (exact) mass is 223 g/mol. The molecular weight excluding hydrogens is 209 g/mol. The van der Waals surface area contributed by atoms with Crippen LogP contribution in [0.1, 0.15) is 12.8 Å². The molecule has 6 nitrogen and oxygen atoms in total. The second-order valence-electron chi connectivity index (χ2n) is 2.83. The molecule has 0 fully saturated rings. The van der Waals surface area contributed by atoms with Crippen molar-refractivity contribution in [2.45, 2.75) is 18.9 Å². The number of rotatable bonds is 6. The van der Waals surface area contributed by atoms with Crippen molar-refractivity contribution in [3.8, 4) is 0 Å². The first-order valence-electron chi connectivity index (χ1n) is 4.01. The van der Waals surface area contributed by atoms with Gasteiger partial charge in [-0.3, -0.25) is 9.36 Å². The van der Waals surface area contributed by atoms with Crippen LogP contribution in [0.4, 0.5) is 0 Å². The van der Waals surface area contributed by atoms with Gasteiger partial charge in [0, 0.05) is 0 Å². The van der Waals surface area contributed by atoms with Crippen molar-refractivity contribution in [2.75, 3.05) is 6.16 Å². The SMILES string of the molecule is NC(C/C=C/CCP(=O)(O)O)C(=O)O. The molecule has 0 heterocycles. The van der Waals surface area contributed by atoms with E-state index in [1.807, 2.05) is 0 Å². The minimum absolute atomic E-state index is 0.163. The van der Waals surface area contributed by atoms with Gasteiger partial charge < -0.3 is 20.6 Å². The maximum atomic E-state index is 10.4. The van der Waals surface area contributed by atoms with Gasteiger partial charge in [0.05, 0.1) is 6.16 Å². The van der Waals surface area contributed by atoms with Crippen molar-refractivity contribution in [3.63, 3.8) is 0 Å². The van der Waals surface area contributed by atoms with Crippen LogP contribution in [0.25, 0.3) is 0 Å². The molecular formula is C7H14NO5P. The molecule has 0 aromatic carbocycles. The smallest absolute Gasteiger partial charge is 0.325 e. The van der Waals surface area contributed by atoms with Crippen LogP contribution < -0.4 is 5.73 Å². The van der Waals surface area contributed by atoms with Crippen LogP contribution in [-0.2, 0) is 9.36 Å². The molecule has 0 saturated heterocycles. The zero-order chi connectivity index (χ0) is 11.2. The molecule has 0 saturated carbocycles. The van der Waals surface area contributed by atoms with E-state index in [9.17, 15) is 9.36 Å². The molecule has 0 spiro atoms. The molecule has 0 amide bonds. The Hall–Kier alpha value is -0.680. The Labute approximate surface area is 81.6 Å². The van der Waals surface area contributed by atoms with Gasteiger partial charge in [0.2, 0.25) is 0 Å². The minimum Gasteiger partial charge on any atom is -0.480 e. The van der Waals surface area contributed by atoms with E-state index in [2.05, 4.69) is 0 Å². The van der Waals surface area contributed by atoms with Gasteiger partial charge in [-0.25, -0.2) is 0 Å². The first kappa shape index (κ1) is 13.3. The molecule has 5 N–H and O–H groups in total. The van der Waals surface area contributed by atoms with E-state index in [4.69, 9.17) is 20.6 Å². The van der Waals surface area contributed by atoms with Crippen molar-refractivity contribution < 1.29 is 24.3 Å². The first-order valence-corrected chi connectivity index (χ1v) is 5.80. The van der Waals surface area contributed by atoms with Gasteiger partial charge in [0.1, 0.15) is 6.04 Å². The fraction of sp³-hybridized carbons (Fsp3) is 0.571. The fourth-order valence-electron chi connectivity index (χ4n) is 0.704. The summed E-state index contributed by atoms with van der Waals surface area (Å²) in [6.07, 6.45) is 3.18. The number of carboxylic acids is 1. The molecule has 0 aliphatic carbocycles. The zero-order valence-corrected chi connectivity index (χ0v) is 8.43. The minimum atomic E-state index is -3.95. The highest BCUT2D eigenvalue weighted by Crippen LogP contribution is 2.34. The maximum absolute atomic E-state index is 10.4. The van der Waals surface area contributed by atoms with Crippen molar-refractivity contribution in [1.29, 1.82) is 0 Å². The second kappa shape index (κ2) is 5.93. The summed E-state index contributed by atoms with van der Waals surface area (Å²) in [5.74, 6) is -1.09. The Balaban J connectivity index is 3.65. The summed E-state index contributed by atoms with van der Waals surface area (Å²) in [6.45, 7) is 0. The molecule has 0 aromatic heterocycles. The molecule has 0 aliphatic rings. The van der Waals surface area contributed by atoms with Gasteiger partial charge in [-0.05, 0) is 12.8 Å². The molecule has 0 aromatic rings. The molecule has 0 radical (unpaired) electrons. The largest absolute Gasteiger partial charge is 0.480 e. The summed E-state index contributed by atoms with van der Waals surface area (Å²) in [4.78, 5) is 27.2. The number of nitrogens with two attached hydrogens (primary N) is 1. The third-order valence-electron chi connectivity index (χ3n) is 1.46. The highest BCUT2D eigenvalue weighted by atomic mass is 31.2. The Morgan fingerprint density at radius 2 is 2.00 bits per heavy atom. The third-order valence-corrected chi connectivity index (χ3v) is 2.30. The molecule has 14 heavy (non-hydrogen) atoms. The van der Waals surface area contributed by atoms with Crippen LogP contribution in [0.3, 0.4) is 0 Å². The number of carbonyl (C=O) groups is 1. The number of aliphatic carboxylic acids is 1. The van der Waals surface area contributed by atoms with Crippen LogP contribution in [0.2, 0.25) is 0 Å². The topological polar surface area (TPSA) is 121 Å². The molecule has 0 bridgehead atoms. The van der Waals surface area contributed by atoms with Crippen LogP contribution >= 0.6 is 7.60 Å². The van der Waals surface area contributed by atoms with E-state index < -0.39 is 19.6 Å². The van der Waals surface area contributed by atoms with Crippen LogP contribution in [0, 0.1) is 0 Å². The highest BCUT2D eigenvalue weighted by Gasteiger charge is 2.10. The van der Waals surface area contributed by atoms with Crippen molar-refractivity contribution >= 4 is 13.6 Å².